The van der Waals surface area contributed by atoms with E-state index in [1.165, 1.54) is 0 Å². The van der Waals surface area contributed by atoms with E-state index in [1.807, 2.05) is 20.8 Å². The fourth-order valence-corrected chi connectivity index (χ4v) is 2.62. The number of nitrogens with zero attached hydrogens (tertiary/aromatic N) is 3. The monoisotopic (exact) mass is 291 g/mol. The molecule has 2 N–H and O–H groups in total. The topological polar surface area (TPSA) is 62.7 Å². The van der Waals surface area contributed by atoms with Crippen LogP contribution >= 0.6 is 11.3 Å². The second-order valence-corrected chi connectivity index (χ2v) is 5.72. The molecule has 0 atom stereocenters. The molecule has 2 rings (SSSR count). The summed E-state index contributed by atoms with van der Waals surface area (Å²) >= 11 is 1.69. The molecule has 108 valence electrons. The summed E-state index contributed by atoms with van der Waals surface area (Å²) < 4.78 is 0. The average molecular weight is 291 g/mol. The van der Waals surface area contributed by atoms with Gasteiger partial charge in [-0.05, 0) is 27.7 Å². The number of thiazole rings is 1. The van der Waals surface area contributed by atoms with Crippen LogP contribution in [0.1, 0.15) is 29.0 Å². The first-order valence-electron chi connectivity index (χ1n) is 6.84. The van der Waals surface area contributed by atoms with Crippen molar-refractivity contribution in [2.24, 2.45) is 0 Å². The molecule has 0 amide bonds. The van der Waals surface area contributed by atoms with Gasteiger partial charge in [0.1, 0.15) is 17.5 Å². The molecule has 2 aromatic rings. The number of aryl methyl sites for hydroxylation is 2. The van der Waals surface area contributed by atoms with Gasteiger partial charge in [-0.1, -0.05) is 0 Å². The van der Waals surface area contributed by atoms with Crippen LogP contribution in [0.2, 0.25) is 0 Å². The van der Waals surface area contributed by atoms with Gasteiger partial charge in [0.05, 0.1) is 10.7 Å². The van der Waals surface area contributed by atoms with E-state index < -0.39 is 0 Å². The van der Waals surface area contributed by atoms with Crippen molar-refractivity contribution in [3.63, 3.8) is 0 Å². The van der Waals surface area contributed by atoms with Crippen molar-refractivity contribution in [3.05, 3.63) is 27.5 Å². The highest BCUT2D eigenvalue weighted by molar-refractivity contribution is 7.09. The maximum Gasteiger partial charge on any atom is 0.134 e. The van der Waals surface area contributed by atoms with Crippen molar-refractivity contribution in [1.29, 1.82) is 0 Å². The molecule has 0 saturated carbocycles. The Labute approximate surface area is 123 Å². The predicted molar refractivity (Wildman–Crippen MR) is 84.7 cm³/mol. The quantitative estimate of drug-likeness (QED) is 0.857. The second kappa shape index (κ2) is 6.65. The van der Waals surface area contributed by atoms with Crippen molar-refractivity contribution in [2.45, 2.75) is 34.1 Å². The van der Waals surface area contributed by atoms with E-state index in [0.29, 0.717) is 0 Å². The number of nitrogens with one attached hydrogen (secondary N) is 2. The minimum Gasteiger partial charge on any atom is -0.370 e. The summed E-state index contributed by atoms with van der Waals surface area (Å²) in [6.45, 7) is 9.72. The van der Waals surface area contributed by atoms with E-state index in [1.54, 1.807) is 11.3 Å². The Morgan fingerprint density at radius 1 is 1.05 bits per heavy atom. The Kier molecular flexibility index (Phi) is 4.89. The zero-order valence-corrected chi connectivity index (χ0v) is 13.3. The van der Waals surface area contributed by atoms with Gasteiger partial charge >= 0.3 is 0 Å². The zero-order chi connectivity index (χ0) is 14.5. The standard InChI is InChI=1S/C14H21N5S/c1-5-15-13-9(2)14(18-10(3)17-13)16-7-6-12-8-20-11(4)19-12/h8H,5-7H2,1-4H3,(H2,15,16,17,18). The molecule has 0 fully saturated rings. The first-order valence-corrected chi connectivity index (χ1v) is 7.72. The number of rotatable bonds is 6. The van der Waals surface area contributed by atoms with Gasteiger partial charge < -0.3 is 10.6 Å². The van der Waals surface area contributed by atoms with Crippen molar-refractivity contribution in [1.82, 2.24) is 15.0 Å². The number of hydrogen-bond acceptors (Lipinski definition) is 6. The fourth-order valence-electron chi connectivity index (χ4n) is 1.97. The molecule has 0 aromatic carbocycles. The van der Waals surface area contributed by atoms with Gasteiger partial charge in [0, 0.05) is 30.5 Å². The summed E-state index contributed by atoms with van der Waals surface area (Å²) in [6, 6.07) is 0. The van der Waals surface area contributed by atoms with E-state index in [0.717, 1.165) is 53.2 Å². The lowest BCUT2D eigenvalue weighted by atomic mass is 10.2. The molecule has 0 aliphatic rings. The van der Waals surface area contributed by atoms with Gasteiger partial charge in [-0.25, -0.2) is 15.0 Å². The lowest BCUT2D eigenvalue weighted by molar-refractivity contribution is 0.941. The van der Waals surface area contributed by atoms with Crippen LogP contribution in [0.3, 0.4) is 0 Å². The number of aromatic nitrogens is 3. The summed E-state index contributed by atoms with van der Waals surface area (Å²) in [4.78, 5) is 13.4. The Morgan fingerprint density at radius 2 is 1.75 bits per heavy atom. The molecule has 20 heavy (non-hydrogen) atoms. The average Bonchev–Trinajstić information content (AvgIpc) is 2.81. The summed E-state index contributed by atoms with van der Waals surface area (Å²) in [5.74, 6) is 2.59. The second-order valence-electron chi connectivity index (χ2n) is 4.66. The van der Waals surface area contributed by atoms with Gasteiger partial charge in [-0.2, -0.15) is 0 Å². The van der Waals surface area contributed by atoms with Crippen LogP contribution in [0, 0.1) is 20.8 Å². The third kappa shape index (κ3) is 3.66. The normalized spacial score (nSPS) is 10.6. The van der Waals surface area contributed by atoms with Crippen molar-refractivity contribution < 1.29 is 0 Å². The number of hydrogen-bond donors (Lipinski definition) is 2. The van der Waals surface area contributed by atoms with Crippen molar-refractivity contribution in [2.75, 3.05) is 23.7 Å². The van der Waals surface area contributed by atoms with Crippen LogP contribution < -0.4 is 10.6 Å². The Bertz CT molecular complexity index is 579. The molecular weight excluding hydrogens is 270 g/mol. The molecule has 2 heterocycles. The maximum atomic E-state index is 4.47. The van der Waals surface area contributed by atoms with E-state index in [2.05, 4.69) is 37.9 Å². The third-order valence-electron chi connectivity index (χ3n) is 2.94. The van der Waals surface area contributed by atoms with E-state index in [4.69, 9.17) is 0 Å². The van der Waals surface area contributed by atoms with Crippen LogP contribution in [0.5, 0.6) is 0 Å². The molecule has 0 radical (unpaired) electrons. The minimum absolute atomic E-state index is 0.776. The number of anilines is 2. The van der Waals surface area contributed by atoms with E-state index in [-0.39, 0.29) is 0 Å². The molecule has 0 bridgehead atoms. The molecule has 0 spiro atoms. The summed E-state index contributed by atoms with van der Waals surface area (Å²) in [5, 5.41) is 9.88. The van der Waals surface area contributed by atoms with Crippen molar-refractivity contribution >= 4 is 23.0 Å². The summed E-state index contributed by atoms with van der Waals surface area (Å²) in [5.41, 5.74) is 2.20. The molecule has 0 unspecified atom stereocenters. The fraction of sp³-hybridized carbons (Fsp3) is 0.500. The highest BCUT2D eigenvalue weighted by atomic mass is 32.1. The Balaban J connectivity index is 2.01. The first kappa shape index (κ1) is 14.7. The van der Waals surface area contributed by atoms with Crippen LogP contribution in [-0.4, -0.2) is 28.0 Å². The third-order valence-corrected chi connectivity index (χ3v) is 3.76. The predicted octanol–water partition coefficient (Wildman–Crippen LogP) is 2.94. The largest absolute Gasteiger partial charge is 0.370 e. The smallest absolute Gasteiger partial charge is 0.134 e. The Morgan fingerprint density at radius 3 is 2.35 bits per heavy atom. The zero-order valence-electron chi connectivity index (χ0n) is 12.4. The van der Waals surface area contributed by atoms with Crippen molar-refractivity contribution in [3.8, 4) is 0 Å². The lowest BCUT2D eigenvalue weighted by Crippen LogP contribution is -2.12. The summed E-state index contributed by atoms with van der Waals surface area (Å²) in [7, 11) is 0. The van der Waals surface area contributed by atoms with E-state index >= 15 is 0 Å². The molecular formula is C14H21N5S. The molecule has 0 saturated heterocycles. The Hall–Kier alpha value is -1.69. The SMILES string of the molecule is CCNc1nc(C)nc(NCCc2csc(C)n2)c1C. The maximum absolute atomic E-state index is 4.47. The summed E-state index contributed by atoms with van der Waals surface area (Å²) in [6.07, 6.45) is 0.906. The molecule has 2 aromatic heterocycles. The van der Waals surface area contributed by atoms with Gasteiger partial charge in [0.15, 0.2) is 0 Å². The minimum atomic E-state index is 0.776. The van der Waals surface area contributed by atoms with Gasteiger partial charge in [0.25, 0.3) is 0 Å². The van der Waals surface area contributed by atoms with Crippen LogP contribution in [0.25, 0.3) is 0 Å². The van der Waals surface area contributed by atoms with E-state index in [9.17, 15) is 0 Å². The molecule has 6 heteroatoms. The molecule has 5 nitrogen and oxygen atoms in total. The van der Waals surface area contributed by atoms with Crippen LogP contribution in [0.4, 0.5) is 11.6 Å². The highest BCUT2D eigenvalue weighted by Crippen LogP contribution is 2.19. The van der Waals surface area contributed by atoms with Crippen LogP contribution in [0.15, 0.2) is 5.38 Å². The van der Waals surface area contributed by atoms with Gasteiger partial charge in [-0.15, -0.1) is 11.3 Å². The molecule has 0 aliphatic carbocycles. The van der Waals surface area contributed by atoms with Gasteiger partial charge in [-0.3, -0.25) is 0 Å². The highest BCUT2D eigenvalue weighted by Gasteiger charge is 2.08. The van der Waals surface area contributed by atoms with Crippen LogP contribution in [-0.2, 0) is 6.42 Å². The molecule has 0 aliphatic heterocycles. The lowest BCUT2D eigenvalue weighted by Gasteiger charge is -2.13. The van der Waals surface area contributed by atoms with Gasteiger partial charge in [0.2, 0.25) is 0 Å². The first-order chi connectivity index (χ1) is 9.60.